The molecule has 0 saturated carbocycles. The molecule has 214 valence electrons. The van der Waals surface area contributed by atoms with Crippen molar-refractivity contribution in [3.63, 3.8) is 0 Å². The molecule has 4 N–H and O–H groups in total. The molecular formula is C31H41FN6O2. The summed E-state index contributed by atoms with van der Waals surface area (Å²) in [6, 6.07) is 16.1. The maximum atomic E-state index is 13.5. The van der Waals surface area contributed by atoms with Crippen molar-refractivity contribution in [3.8, 4) is 0 Å². The number of aryl methyl sites for hydroxylation is 1. The minimum Gasteiger partial charge on any atom is -0.346 e. The number of carbonyl (C=O) groups is 2. The zero-order valence-corrected chi connectivity index (χ0v) is 23.9. The van der Waals surface area contributed by atoms with Crippen molar-refractivity contribution in [3.05, 3.63) is 83.4 Å². The van der Waals surface area contributed by atoms with Crippen LogP contribution in [0.4, 0.5) is 16.0 Å². The summed E-state index contributed by atoms with van der Waals surface area (Å²) in [5, 5.41) is 5.90. The highest BCUT2D eigenvalue weighted by molar-refractivity contribution is 5.93. The lowest BCUT2D eigenvalue weighted by Gasteiger charge is -2.27. The molecule has 2 amide bonds. The van der Waals surface area contributed by atoms with Crippen molar-refractivity contribution < 1.29 is 14.0 Å². The molecule has 0 spiro atoms. The molecule has 0 radical (unpaired) electrons. The van der Waals surface area contributed by atoms with Gasteiger partial charge in [-0.25, -0.2) is 14.4 Å². The normalized spacial score (nSPS) is 13.2. The second kappa shape index (κ2) is 15.1. The molecule has 3 aromatic rings. The van der Waals surface area contributed by atoms with Gasteiger partial charge in [-0.3, -0.25) is 9.59 Å². The molecule has 0 bridgehead atoms. The Kier molecular flexibility index (Phi) is 11.6. The van der Waals surface area contributed by atoms with Gasteiger partial charge in [0.1, 0.15) is 11.5 Å². The van der Waals surface area contributed by atoms with Crippen LogP contribution < -0.4 is 21.3 Å². The summed E-state index contributed by atoms with van der Waals surface area (Å²) in [6.45, 7) is 9.45. The van der Waals surface area contributed by atoms with Crippen LogP contribution in [0.5, 0.6) is 0 Å². The van der Waals surface area contributed by atoms with Gasteiger partial charge in [0, 0.05) is 42.5 Å². The van der Waals surface area contributed by atoms with Gasteiger partial charge < -0.3 is 21.3 Å². The topological polar surface area (TPSA) is 113 Å². The molecule has 0 aliphatic heterocycles. The molecule has 0 saturated heterocycles. The van der Waals surface area contributed by atoms with Gasteiger partial charge in [-0.05, 0) is 68.5 Å². The third-order valence-electron chi connectivity index (χ3n) is 6.66. The lowest BCUT2D eigenvalue weighted by Crippen LogP contribution is -2.50. The third kappa shape index (κ3) is 9.12. The van der Waals surface area contributed by atoms with Crippen LogP contribution in [-0.2, 0) is 11.2 Å². The number of rotatable bonds is 14. The van der Waals surface area contributed by atoms with Gasteiger partial charge in [-0.1, -0.05) is 51.1 Å². The third-order valence-corrected chi connectivity index (χ3v) is 6.66. The maximum Gasteiger partial charge on any atom is 0.270 e. The Bertz CT molecular complexity index is 1230. The average Bonchev–Trinajstić information content (AvgIpc) is 2.93. The fourth-order valence-electron chi connectivity index (χ4n) is 4.56. The molecule has 2 aromatic carbocycles. The van der Waals surface area contributed by atoms with E-state index >= 15 is 0 Å². The van der Waals surface area contributed by atoms with Gasteiger partial charge in [0.05, 0.1) is 0 Å². The smallest absolute Gasteiger partial charge is 0.270 e. The highest BCUT2D eigenvalue weighted by Gasteiger charge is 2.26. The Balaban J connectivity index is 1.77. The molecule has 9 heteroatoms. The Morgan fingerprint density at radius 3 is 2.27 bits per heavy atom. The van der Waals surface area contributed by atoms with E-state index in [0.717, 1.165) is 31.5 Å². The SMILES string of the molecule is CCCN(CCC)c1nc(C)cc(C(=O)N[C@@H](Cc2ccccc2)[C@@H](N)C[C@@H](C)C(=O)Nc2ccc(F)cc2)n1. The fourth-order valence-corrected chi connectivity index (χ4v) is 4.56. The first-order valence-corrected chi connectivity index (χ1v) is 14.0. The molecule has 0 aliphatic carbocycles. The number of nitrogens with one attached hydrogen (secondary N) is 2. The van der Waals surface area contributed by atoms with Crippen molar-refractivity contribution in [1.82, 2.24) is 15.3 Å². The summed E-state index contributed by atoms with van der Waals surface area (Å²) in [6.07, 6.45) is 2.72. The first kappa shape index (κ1) is 30.7. The van der Waals surface area contributed by atoms with Crippen LogP contribution in [0.2, 0.25) is 0 Å². The number of nitrogens with zero attached hydrogens (tertiary/aromatic N) is 3. The summed E-state index contributed by atoms with van der Waals surface area (Å²) < 4.78 is 13.2. The quantitative estimate of drug-likeness (QED) is 0.265. The first-order chi connectivity index (χ1) is 19.2. The minimum absolute atomic E-state index is 0.227. The highest BCUT2D eigenvalue weighted by atomic mass is 19.1. The molecule has 40 heavy (non-hydrogen) atoms. The number of anilines is 2. The Hall–Kier alpha value is -3.85. The Morgan fingerprint density at radius 1 is 1.00 bits per heavy atom. The van der Waals surface area contributed by atoms with Crippen molar-refractivity contribution >= 4 is 23.5 Å². The van der Waals surface area contributed by atoms with Crippen LogP contribution in [0, 0.1) is 18.7 Å². The molecule has 3 rings (SSSR count). The van der Waals surface area contributed by atoms with E-state index < -0.39 is 18.0 Å². The summed E-state index contributed by atoms with van der Waals surface area (Å²) in [7, 11) is 0. The van der Waals surface area contributed by atoms with Crippen molar-refractivity contribution in [1.29, 1.82) is 0 Å². The van der Waals surface area contributed by atoms with Gasteiger partial charge in [-0.15, -0.1) is 0 Å². The van der Waals surface area contributed by atoms with Crippen molar-refractivity contribution in [2.75, 3.05) is 23.3 Å². The number of hydrogen-bond donors (Lipinski definition) is 3. The molecular weight excluding hydrogens is 507 g/mol. The molecule has 1 aromatic heterocycles. The van der Waals surface area contributed by atoms with E-state index in [2.05, 4.69) is 39.3 Å². The number of hydrogen-bond acceptors (Lipinski definition) is 6. The van der Waals surface area contributed by atoms with Crippen LogP contribution in [0.1, 0.15) is 61.8 Å². The van der Waals surface area contributed by atoms with Gasteiger partial charge in [-0.2, -0.15) is 0 Å². The predicted octanol–water partition coefficient (Wildman–Crippen LogP) is 4.88. The molecule has 0 fully saturated rings. The van der Waals surface area contributed by atoms with Crippen LogP contribution >= 0.6 is 0 Å². The molecule has 3 atom stereocenters. The number of carbonyl (C=O) groups excluding carboxylic acids is 2. The van der Waals surface area contributed by atoms with Crippen LogP contribution in [-0.4, -0.2) is 47.0 Å². The second-order valence-corrected chi connectivity index (χ2v) is 10.2. The summed E-state index contributed by atoms with van der Waals surface area (Å²) in [5.74, 6) is -0.833. The molecule has 8 nitrogen and oxygen atoms in total. The van der Waals surface area contributed by atoms with E-state index in [-0.39, 0.29) is 23.3 Å². The van der Waals surface area contributed by atoms with Gasteiger partial charge in [0.15, 0.2) is 0 Å². The fraction of sp³-hybridized carbons (Fsp3) is 0.419. The highest BCUT2D eigenvalue weighted by Crippen LogP contribution is 2.17. The lowest BCUT2D eigenvalue weighted by atomic mass is 9.92. The standard InChI is InChI=1S/C31H41FN6O2/c1-5-16-38(17-6-2)31-34-22(4)19-28(37-31)30(40)36-27(20-23-10-8-7-9-11-23)26(33)18-21(3)29(39)35-25-14-12-24(32)13-15-25/h7-15,19,21,26-27H,5-6,16-18,20,33H2,1-4H3,(H,35,39)(H,36,40)/t21-,26+,27+/m1/s1. The average molecular weight is 549 g/mol. The predicted molar refractivity (Wildman–Crippen MR) is 158 cm³/mol. The monoisotopic (exact) mass is 548 g/mol. The number of amides is 2. The second-order valence-electron chi connectivity index (χ2n) is 10.2. The maximum absolute atomic E-state index is 13.5. The van der Waals surface area contributed by atoms with Crippen LogP contribution in [0.15, 0.2) is 60.7 Å². The van der Waals surface area contributed by atoms with Gasteiger partial charge in [0.2, 0.25) is 11.9 Å². The minimum atomic E-state index is -0.516. The van der Waals surface area contributed by atoms with Crippen molar-refractivity contribution in [2.45, 2.75) is 65.5 Å². The lowest BCUT2D eigenvalue weighted by molar-refractivity contribution is -0.119. The number of benzene rings is 2. The number of halogens is 1. The first-order valence-electron chi connectivity index (χ1n) is 14.0. The van der Waals surface area contributed by atoms with Gasteiger partial charge in [0.25, 0.3) is 5.91 Å². The van der Waals surface area contributed by atoms with Crippen LogP contribution in [0.25, 0.3) is 0 Å². The molecule has 1 heterocycles. The van der Waals surface area contributed by atoms with E-state index in [0.29, 0.717) is 30.2 Å². The van der Waals surface area contributed by atoms with E-state index in [1.165, 1.54) is 24.3 Å². The summed E-state index contributed by atoms with van der Waals surface area (Å²) in [5.41, 5.74) is 9.17. The molecule has 0 aliphatic rings. The largest absolute Gasteiger partial charge is 0.346 e. The van der Waals surface area contributed by atoms with E-state index in [1.54, 1.807) is 13.0 Å². The Labute approximate surface area is 236 Å². The molecule has 0 unspecified atom stereocenters. The van der Waals surface area contributed by atoms with Crippen molar-refractivity contribution in [2.24, 2.45) is 11.7 Å². The Morgan fingerprint density at radius 2 is 1.65 bits per heavy atom. The van der Waals surface area contributed by atoms with E-state index in [4.69, 9.17) is 5.73 Å². The van der Waals surface area contributed by atoms with Gasteiger partial charge >= 0.3 is 0 Å². The van der Waals surface area contributed by atoms with E-state index in [9.17, 15) is 14.0 Å². The zero-order valence-electron chi connectivity index (χ0n) is 23.9. The summed E-state index contributed by atoms with van der Waals surface area (Å²) >= 11 is 0. The van der Waals surface area contributed by atoms with Crippen LogP contribution in [0.3, 0.4) is 0 Å². The summed E-state index contributed by atoms with van der Waals surface area (Å²) in [4.78, 5) is 37.6. The van der Waals surface area contributed by atoms with E-state index in [1.807, 2.05) is 37.3 Å². The number of aromatic nitrogens is 2. The zero-order chi connectivity index (χ0) is 29.1. The number of nitrogens with two attached hydrogens (primary N) is 1.